The highest BCUT2D eigenvalue weighted by Gasteiger charge is 2.53. The molecule has 0 unspecified atom stereocenters. The number of nitrogens with zero attached hydrogens (tertiary/aromatic N) is 8. The van der Waals surface area contributed by atoms with Gasteiger partial charge in [0.25, 0.3) is 0 Å². The minimum Gasteiger partial charge on any atom is -0.507 e. The van der Waals surface area contributed by atoms with Gasteiger partial charge in [0.05, 0.1) is 24.8 Å². The van der Waals surface area contributed by atoms with E-state index in [2.05, 4.69) is 42.8 Å². The van der Waals surface area contributed by atoms with Crippen molar-refractivity contribution in [3.8, 4) is 28.5 Å². The molecule has 174 valence electrons. The first kappa shape index (κ1) is 21.6. The van der Waals surface area contributed by atoms with Crippen LogP contribution in [-0.2, 0) is 7.05 Å². The summed E-state index contributed by atoms with van der Waals surface area (Å²) < 4.78 is 15.6. The maximum absolute atomic E-state index is 15.6. The van der Waals surface area contributed by atoms with E-state index in [9.17, 15) is 5.11 Å². The molecule has 0 aliphatic carbocycles. The molecule has 0 amide bonds. The second kappa shape index (κ2) is 7.68. The number of phenols is 1. The smallest absolute Gasteiger partial charge is 0.205 e. The molecule has 11 heteroatoms. The van der Waals surface area contributed by atoms with Crippen LogP contribution < -0.4 is 10.2 Å². The molecule has 4 atom stereocenters. The molecule has 2 fully saturated rings. The first-order valence-electron chi connectivity index (χ1n) is 11.1. The van der Waals surface area contributed by atoms with Gasteiger partial charge >= 0.3 is 0 Å². The average molecular weight is 454 g/mol. The molecule has 2 aromatic heterocycles. The number of fused-ring (bicyclic) bond motifs is 2. The lowest BCUT2D eigenvalue weighted by Crippen LogP contribution is -2.72. The van der Waals surface area contributed by atoms with Gasteiger partial charge in [0, 0.05) is 23.7 Å². The van der Waals surface area contributed by atoms with E-state index in [0.717, 1.165) is 19.3 Å². The third kappa shape index (κ3) is 3.79. The van der Waals surface area contributed by atoms with Crippen molar-refractivity contribution in [1.82, 2.24) is 40.7 Å². The Morgan fingerprint density at radius 2 is 2.00 bits per heavy atom. The molecule has 2 N–H and O–H groups in total. The summed E-state index contributed by atoms with van der Waals surface area (Å²) in [6.45, 7) is 4.15. The average Bonchev–Trinajstić information content (AvgIpc) is 3.22. The lowest BCUT2D eigenvalue weighted by atomic mass is 9.68. The maximum Gasteiger partial charge on any atom is 0.205 e. The van der Waals surface area contributed by atoms with Gasteiger partial charge in [-0.05, 0) is 56.9 Å². The van der Waals surface area contributed by atoms with Crippen molar-refractivity contribution in [2.24, 2.45) is 7.05 Å². The predicted octanol–water partition coefficient (Wildman–Crippen LogP) is 2.27. The molecular formula is C22H28FN9O. The zero-order chi connectivity index (χ0) is 23.4. The molecule has 2 aliphatic rings. The summed E-state index contributed by atoms with van der Waals surface area (Å²) in [5, 5.41) is 34.5. The van der Waals surface area contributed by atoms with Gasteiger partial charge in [-0.2, -0.15) is 4.80 Å². The largest absolute Gasteiger partial charge is 0.507 e. The monoisotopic (exact) mass is 453 g/mol. The molecule has 33 heavy (non-hydrogen) atoms. The first-order valence-corrected chi connectivity index (χ1v) is 11.1. The van der Waals surface area contributed by atoms with Crippen LogP contribution >= 0.6 is 0 Å². The van der Waals surface area contributed by atoms with E-state index in [4.69, 9.17) is 0 Å². The number of piperidine rings is 2. The molecule has 10 nitrogen and oxygen atoms in total. The predicted molar refractivity (Wildman–Crippen MR) is 120 cm³/mol. The van der Waals surface area contributed by atoms with Gasteiger partial charge in [0.15, 0.2) is 11.6 Å². The van der Waals surface area contributed by atoms with Crippen LogP contribution in [0, 0.1) is 0 Å². The number of rotatable bonds is 4. The highest BCUT2D eigenvalue weighted by atomic mass is 19.1. The number of phenolic OH excluding ortho intramolecular Hbond substituents is 1. The number of hydrogen-bond donors (Lipinski definition) is 2. The van der Waals surface area contributed by atoms with Crippen LogP contribution in [0.15, 0.2) is 24.4 Å². The summed E-state index contributed by atoms with van der Waals surface area (Å²) in [5.74, 6) is 1.17. The van der Waals surface area contributed by atoms with Crippen molar-refractivity contribution in [3.05, 3.63) is 24.4 Å². The molecule has 0 radical (unpaired) electrons. The molecule has 0 saturated carbocycles. The number of aromatic hydroxyl groups is 1. The van der Waals surface area contributed by atoms with Gasteiger partial charge in [-0.3, -0.25) is 0 Å². The second-order valence-electron chi connectivity index (χ2n) is 9.72. The fourth-order valence-corrected chi connectivity index (χ4v) is 5.33. The summed E-state index contributed by atoms with van der Waals surface area (Å²) in [6, 6.07) is 4.67. The van der Waals surface area contributed by atoms with Crippen LogP contribution in [0.25, 0.3) is 22.8 Å². The van der Waals surface area contributed by atoms with Crippen LogP contribution in [-0.4, -0.2) is 70.8 Å². The highest BCUT2D eigenvalue weighted by Crippen LogP contribution is 2.43. The molecule has 1 aromatic carbocycles. The van der Waals surface area contributed by atoms with E-state index in [0.29, 0.717) is 29.2 Å². The van der Waals surface area contributed by atoms with Gasteiger partial charge < -0.3 is 15.3 Å². The zero-order valence-corrected chi connectivity index (χ0v) is 19.2. The van der Waals surface area contributed by atoms with Crippen molar-refractivity contribution in [1.29, 1.82) is 0 Å². The number of hydrogen-bond acceptors (Lipinski definition) is 9. The van der Waals surface area contributed by atoms with Crippen molar-refractivity contribution in [3.63, 3.8) is 0 Å². The van der Waals surface area contributed by atoms with Crippen LogP contribution in [0.2, 0.25) is 0 Å². The lowest BCUT2D eigenvalue weighted by molar-refractivity contribution is 0.00193. The van der Waals surface area contributed by atoms with Gasteiger partial charge in [-0.25, -0.2) is 9.37 Å². The van der Waals surface area contributed by atoms with Crippen molar-refractivity contribution in [2.45, 2.75) is 62.8 Å². The minimum atomic E-state index is -1.04. The van der Waals surface area contributed by atoms with E-state index < -0.39 is 11.7 Å². The Labute approximate surface area is 191 Å². The number of halogens is 1. The van der Waals surface area contributed by atoms with Crippen molar-refractivity contribution < 1.29 is 9.50 Å². The summed E-state index contributed by atoms with van der Waals surface area (Å²) in [7, 11) is 3.52. The zero-order valence-electron chi connectivity index (χ0n) is 19.2. The minimum absolute atomic E-state index is 0.0151. The van der Waals surface area contributed by atoms with Crippen LogP contribution in [0.4, 0.5) is 10.2 Å². The van der Waals surface area contributed by atoms with E-state index >= 15 is 4.39 Å². The maximum atomic E-state index is 15.6. The van der Waals surface area contributed by atoms with E-state index in [1.54, 1.807) is 31.4 Å². The van der Waals surface area contributed by atoms with Crippen LogP contribution in [0.1, 0.15) is 39.5 Å². The number of aromatic nitrogens is 7. The van der Waals surface area contributed by atoms with E-state index in [1.807, 2.05) is 18.9 Å². The van der Waals surface area contributed by atoms with E-state index in [-0.39, 0.29) is 23.2 Å². The summed E-state index contributed by atoms with van der Waals surface area (Å²) in [5.41, 5.74) is 0.419. The number of nitrogens with one attached hydrogen (secondary N) is 1. The second-order valence-corrected chi connectivity index (χ2v) is 9.72. The van der Waals surface area contributed by atoms with Crippen molar-refractivity contribution in [2.75, 3.05) is 11.9 Å². The number of tetrazole rings is 1. The molecular weight excluding hydrogens is 425 g/mol. The highest BCUT2D eigenvalue weighted by molar-refractivity contribution is 5.69. The summed E-state index contributed by atoms with van der Waals surface area (Å²) in [4.78, 5) is 7.60. The number of alkyl halides is 1. The Hall–Kier alpha value is -3.21. The van der Waals surface area contributed by atoms with Crippen molar-refractivity contribution >= 4 is 5.82 Å². The molecule has 3 aromatic rings. The third-order valence-corrected chi connectivity index (χ3v) is 7.03. The Bertz CT molecular complexity index is 1170. The van der Waals surface area contributed by atoms with Crippen LogP contribution in [0.5, 0.6) is 5.75 Å². The molecule has 2 saturated heterocycles. The molecule has 2 aliphatic heterocycles. The molecule has 2 bridgehead atoms. The van der Waals surface area contributed by atoms with Gasteiger partial charge in [0.2, 0.25) is 5.82 Å². The fraction of sp³-hybridized carbons (Fsp3) is 0.545. The Morgan fingerprint density at radius 3 is 2.67 bits per heavy atom. The Morgan fingerprint density at radius 1 is 1.18 bits per heavy atom. The summed E-state index contributed by atoms with van der Waals surface area (Å²) >= 11 is 0. The normalized spacial score (nSPS) is 29.1. The third-order valence-electron chi connectivity index (χ3n) is 7.03. The first-order chi connectivity index (χ1) is 15.7. The quantitative estimate of drug-likeness (QED) is 0.613. The molecule has 5 rings (SSSR count). The fourth-order valence-electron chi connectivity index (χ4n) is 5.33. The SMILES string of the molecule is CN(c1cnc(-c2ccc(-c3nnn(C)n3)cc2O)nn1)[C@@H]1C[C@@]2(C)CCC[C@](C)(N2)[C@@H]1F. The van der Waals surface area contributed by atoms with Gasteiger partial charge in [-0.15, -0.1) is 20.4 Å². The van der Waals surface area contributed by atoms with E-state index in [1.165, 1.54) is 4.80 Å². The number of aryl methyl sites for hydroxylation is 1. The Balaban J connectivity index is 1.37. The number of benzene rings is 1. The van der Waals surface area contributed by atoms with Gasteiger partial charge in [0.1, 0.15) is 11.9 Å². The Kier molecular flexibility index (Phi) is 5.04. The van der Waals surface area contributed by atoms with Crippen LogP contribution in [0.3, 0.4) is 0 Å². The number of anilines is 1. The molecule has 0 spiro atoms. The lowest BCUT2D eigenvalue weighted by Gasteiger charge is -2.56. The topological polar surface area (TPSA) is 118 Å². The standard InChI is InChI=1S/C22H28FN9O/c1-21-8-5-9-22(2,29-21)18(23)15(11-21)31(3)17-12-24-20(26-25-17)14-7-6-13(10-16(14)33)19-27-30-32(4)28-19/h6-7,10,12,15,18,29,33H,5,8-9,11H2,1-4H3/t15-,18-,21-,22+/m1/s1. The van der Waals surface area contributed by atoms with Gasteiger partial charge in [-0.1, -0.05) is 6.07 Å². The summed E-state index contributed by atoms with van der Waals surface area (Å²) in [6.07, 6.45) is 4.10. The molecule has 4 heterocycles.